The van der Waals surface area contributed by atoms with Crippen molar-refractivity contribution in [1.29, 1.82) is 0 Å². The number of nitrogens with one attached hydrogen (secondary N) is 1. The van der Waals surface area contributed by atoms with Crippen LogP contribution in [0.5, 0.6) is 5.75 Å². The molecule has 1 fully saturated rings. The Labute approximate surface area is 245 Å². The van der Waals surface area contributed by atoms with Crippen molar-refractivity contribution in [2.45, 2.75) is 13.2 Å². The first-order chi connectivity index (χ1) is 20.4. The normalized spacial score (nSPS) is 14.5. The predicted molar refractivity (Wildman–Crippen MR) is 159 cm³/mol. The van der Waals surface area contributed by atoms with Gasteiger partial charge in [0.2, 0.25) is 0 Å². The van der Waals surface area contributed by atoms with E-state index in [1.165, 1.54) is 12.1 Å². The molecule has 7 nitrogen and oxygen atoms in total. The van der Waals surface area contributed by atoms with Crippen molar-refractivity contribution in [2.24, 2.45) is 0 Å². The smallest absolute Gasteiger partial charge is 0.335 e. The molecule has 42 heavy (non-hydrogen) atoms. The molecule has 6 rings (SSSR count). The molecule has 0 atom stereocenters. The number of amides is 4. The van der Waals surface area contributed by atoms with Crippen molar-refractivity contribution < 1.29 is 23.5 Å². The van der Waals surface area contributed by atoms with Gasteiger partial charge in [0.25, 0.3) is 11.8 Å². The van der Waals surface area contributed by atoms with Crippen LogP contribution in [-0.4, -0.2) is 22.4 Å². The predicted octanol–water partition coefficient (Wildman–Crippen LogP) is 6.73. The number of imide groups is 2. The summed E-state index contributed by atoms with van der Waals surface area (Å²) in [5, 5.41) is 3.74. The molecule has 2 heterocycles. The van der Waals surface area contributed by atoms with Crippen LogP contribution in [0.4, 0.5) is 14.9 Å². The number of benzene rings is 4. The number of ether oxygens (including phenoxy) is 1. The zero-order chi connectivity index (χ0) is 29.2. The van der Waals surface area contributed by atoms with Gasteiger partial charge in [-0.1, -0.05) is 60.1 Å². The van der Waals surface area contributed by atoms with Gasteiger partial charge in [-0.2, -0.15) is 0 Å². The molecule has 5 aromatic rings. The maximum Gasteiger partial charge on any atom is 0.335 e. The molecule has 1 aromatic heterocycles. The standard InChI is InChI=1S/C33H23ClFN3O4/c34-24-11-9-21(10-12-24)20-42-27-15-13-25(14-16-27)38-32(40)28(31(39)36-33(38)41)18-26-17-22-5-2-4-8-30(22)37(26)19-23-6-1-3-7-29(23)35/h1-18H,19-20H2,(H,36,39,41)/b28-18+. The van der Waals surface area contributed by atoms with Gasteiger partial charge in [0.05, 0.1) is 12.2 Å². The van der Waals surface area contributed by atoms with E-state index < -0.39 is 17.8 Å². The third kappa shape index (κ3) is 5.40. The van der Waals surface area contributed by atoms with Gasteiger partial charge in [-0.25, -0.2) is 14.1 Å². The number of aromatic nitrogens is 1. The van der Waals surface area contributed by atoms with Crippen molar-refractivity contribution in [2.75, 3.05) is 4.90 Å². The summed E-state index contributed by atoms with van der Waals surface area (Å²) >= 11 is 5.93. The Bertz CT molecular complexity index is 1860. The Morgan fingerprint density at radius 1 is 0.857 bits per heavy atom. The van der Waals surface area contributed by atoms with Crippen LogP contribution < -0.4 is 15.0 Å². The average Bonchev–Trinajstić information content (AvgIpc) is 3.33. The van der Waals surface area contributed by atoms with E-state index in [4.69, 9.17) is 16.3 Å². The number of hydrogen-bond acceptors (Lipinski definition) is 4. The van der Waals surface area contributed by atoms with Gasteiger partial charge in [0.1, 0.15) is 23.7 Å². The molecule has 0 saturated carbocycles. The van der Waals surface area contributed by atoms with Crippen molar-refractivity contribution in [1.82, 2.24) is 9.88 Å². The van der Waals surface area contributed by atoms with Crippen LogP contribution in [0.1, 0.15) is 16.8 Å². The van der Waals surface area contributed by atoms with Crippen LogP contribution in [-0.2, 0) is 22.7 Å². The molecular formula is C33H23ClFN3O4. The number of nitrogens with zero attached hydrogens (tertiary/aromatic N) is 2. The number of carbonyl (C=O) groups is 3. The van der Waals surface area contributed by atoms with Gasteiger partial charge >= 0.3 is 6.03 Å². The Hall–Kier alpha value is -5.21. The minimum Gasteiger partial charge on any atom is -0.489 e. The molecule has 4 amide bonds. The first-order valence-corrected chi connectivity index (χ1v) is 13.5. The molecule has 9 heteroatoms. The van der Waals surface area contributed by atoms with E-state index in [1.54, 1.807) is 54.6 Å². The largest absolute Gasteiger partial charge is 0.489 e. The molecule has 1 saturated heterocycles. The number of fused-ring (bicyclic) bond motifs is 1. The molecule has 0 aliphatic carbocycles. The fraction of sp³-hybridized carbons (Fsp3) is 0.0606. The van der Waals surface area contributed by atoms with E-state index in [0.717, 1.165) is 21.4 Å². The maximum atomic E-state index is 14.6. The highest BCUT2D eigenvalue weighted by atomic mass is 35.5. The number of halogens is 2. The zero-order valence-electron chi connectivity index (χ0n) is 22.1. The van der Waals surface area contributed by atoms with Crippen LogP contribution in [0.2, 0.25) is 5.02 Å². The Morgan fingerprint density at radius 3 is 2.33 bits per heavy atom. The molecule has 208 valence electrons. The summed E-state index contributed by atoms with van der Waals surface area (Å²) in [6.07, 6.45) is 1.43. The minimum atomic E-state index is -0.858. The van der Waals surface area contributed by atoms with Gasteiger partial charge < -0.3 is 9.30 Å². The zero-order valence-corrected chi connectivity index (χ0v) is 22.8. The second-order valence-electron chi connectivity index (χ2n) is 9.67. The molecule has 1 aliphatic rings. The number of anilines is 1. The van der Waals surface area contributed by atoms with E-state index in [2.05, 4.69) is 5.32 Å². The Balaban J connectivity index is 1.29. The molecule has 0 spiro atoms. The summed E-state index contributed by atoms with van der Waals surface area (Å²) in [5.74, 6) is -1.42. The number of para-hydroxylation sites is 1. The third-order valence-electron chi connectivity index (χ3n) is 6.94. The van der Waals surface area contributed by atoms with Crippen LogP contribution in [0.15, 0.2) is 109 Å². The highest BCUT2D eigenvalue weighted by Gasteiger charge is 2.37. The van der Waals surface area contributed by atoms with E-state index in [1.807, 2.05) is 47.0 Å². The van der Waals surface area contributed by atoms with Gasteiger partial charge in [0.15, 0.2) is 0 Å². The molecule has 4 aromatic carbocycles. The van der Waals surface area contributed by atoms with E-state index in [-0.39, 0.29) is 23.6 Å². The summed E-state index contributed by atoms with van der Waals surface area (Å²) in [7, 11) is 0. The van der Waals surface area contributed by atoms with Gasteiger partial charge in [-0.05, 0) is 66.2 Å². The lowest BCUT2D eigenvalue weighted by atomic mass is 10.1. The fourth-order valence-electron chi connectivity index (χ4n) is 4.80. The first-order valence-electron chi connectivity index (χ1n) is 13.1. The number of urea groups is 1. The van der Waals surface area contributed by atoms with E-state index in [9.17, 15) is 18.8 Å². The summed E-state index contributed by atoms with van der Waals surface area (Å²) in [6.45, 7) is 0.483. The summed E-state index contributed by atoms with van der Waals surface area (Å²) < 4.78 is 22.2. The van der Waals surface area contributed by atoms with Gasteiger partial charge in [-0.15, -0.1) is 0 Å². The van der Waals surface area contributed by atoms with Crippen molar-refractivity contribution in [3.05, 3.63) is 136 Å². The Kier molecular flexibility index (Phi) is 7.29. The van der Waals surface area contributed by atoms with Crippen LogP contribution in [0, 0.1) is 5.82 Å². The van der Waals surface area contributed by atoms with Crippen molar-refractivity contribution >= 4 is 52.1 Å². The third-order valence-corrected chi connectivity index (χ3v) is 7.19. The SMILES string of the molecule is O=C1NC(=O)N(c2ccc(OCc3ccc(Cl)cc3)cc2)C(=O)/C1=C/c1cc2ccccc2n1Cc1ccccc1F. The molecule has 0 radical (unpaired) electrons. The van der Waals surface area contributed by atoms with Crippen LogP contribution in [0.25, 0.3) is 17.0 Å². The summed E-state index contributed by atoms with van der Waals surface area (Å²) in [6, 6.07) is 28.6. The molecule has 0 unspecified atom stereocenters. The van der Waals surface area contributed by atoms with Crippen LogP contribution >= 0.6 is 11.6 Å². The summed E-state index contributed by atoms with van der Waals surface area (Å²) in [5.41, 5.74) is 2.73. The van der Waals surface area contributed by atoms with Crippen LogP contribution in [0.3, 0.4) is 0 Å². The number of hydrogen-bond donors (Lipinski definition) is 1. The number of barbiturate groups is 1. The topological polar surface area (TPSA) is 80.6 Å². The lowest BCUT2D eigenvalue weighted by Gasteiger charge is -2.26. The Morgan fingerprint density at radius 2 is 1.57 bits per heavy atom. The van der Waals surface area contributed by atoms with Crippen molar-refractivity contribution in [3.63, 3.8) is 0 Å². The highest BCUT2D eigenvalue weighted by molar-refractivity contribution is 6.39. The average molecular weight is 580 g/mol. The monoisotopic (exact) mass is 579 g/mol. The lowest BCUT2D eigenvalue weighted by molar-refractivity contribution is -0.122. The van der Waals surface area contributed by atoms with Gasteiger partial charge in [0, 0.05) is 27.2 Å². The quantitative estimate of drug-likeness (QED) is 0.171. The molecule has 1 aliphatic heterocycles. The van der Waals surface area contributed by atoms with Crippen molar-refractivity contribution in [3.8, 4) is 5.75 Å². The molecule has 0 bridgehead atoms. The fourth-order valence-corrected chi connectivity index (χ4v) is 4.93. The minimum absolute atomic E-state index is 0.176. The maximum absolute atomic E-state index is 14.6. The first kappa shape index (κ1) is 27.0. The highest BCUT2D eigenvalue weighted by Crippen LogP contribution is 2.28. The summed E-state index contributed by atoms with van der Waals surface area (Å²) in [4.78, 5) is 40.1. The van der Waals surface area contributed by atoms with E-state index in [0.29, 0.717) is 28.6 Å². The lowest BCUT2D eigenvalue weighted by Crippen LogP contribution is -2.54. The van der Waals surface area contributed by atoms with Gasteiger partial charge in [-0.3, -0.25) is 14.9 Å². The van der Waals surface area contributed by atoms with E-state index >= 15 is 0 Å². The molecular weight excluding hydrogens is 557 g/mol. The second-order valence-corrected chi connectivity index (χ2v) is 10.1. The second kappa shape index (κ2) is 11.3. The molecule has 1 N–H and O–H groups in total. The number of carbonyl (C=O) groups excluding carboxylic acids is 3. The number of rotatable bonds is 7.